The molecule has 21 heavy (non-hydrogen) atoms. The number of amides is 1. The first-order valence-electron chi connectivity index (χ1n) is 7.08. The average Bonchev–Trinajstić information content (AvgIpc) is 3.12. The Kier molecular flexibility index (Phi) is 4.73. The van der Waals surface area contributed by atoms with Gasteiger partial charge in [-0.3, -0.25) is 9.69 Å². The van der Waals surface area contributed by atoms with Gasteiger partial charge in [-0.15, -0.1) is 11.3 Å². The van der Waals surface area contributed by atoms with Crippen molar-refractivity contribution in [2.24, 2.45) is 0 Å². The molecule has 3 rings (SSSR count). The standard InChI is InChI=1S/C16H17BrN2OS/c17-13-7-10-21-15(13)16(20)18-14-6-2-1-5-12(14)11-19-8-3-4-9-19/h1-2,5-7,10H,3-4,8-9,11H2,(H,18,20). The normalized spacial score (nSPS) is 15.3. The van der Waals surface area contributed by atoms with E-state index in [-0.39, 0.29) is 5.91 Å². The topological polar surface area (TPSA) is 32.3 Å². The Hall–Kier alpha value is -1.17. The van der Waals surface area contributed by atoms with Crippen LogP contribution in [-0.2, 0) is 6.54 Å². The molecule has 0 unspecified atom stereocenters. The Balaban J connectivity index is 1.75. The minimum atomic E-state index is -0.0502. The summed E-state index contributed by atoms with van der Waals surface area (Å²) in [6, 6.07) is 9.96. The van der Waals surface area contributed by atoms with Gasteiger partial charge in [-0.1, -0.05) is 18.2 Å². The molecule has 1 amide bonds. The quantitative estimate of drug-likeness (QED) is 0.873. The Morgan fingerprint density at radius 3 is 2.71 bits per heavy atom. The van der Waals surface area contributed by atoms with Crippen LogP contribution in [0, 0.1) is 0 Å². The Morgan fingerprint density at radius 1 is 1.24 bits per heavy atom. The molecule has 3 nitrogen and oxygen atoms in total. The zero-order valence-electron chi connectivity index (χ0n) is 11.6. The number of carbonyl (C=O) groups excluding carboxylic acids is 1. The fraction of sp³-hybridized carbons (Fsp3) is 0.312. The van der Waals surface area contributed by atoms with Crippen molar-refractivity contribution in [3.63, 3.8) is 0 Å². The number of carbonyl (C=O) groups is 1. The smallest absolute Gasteiger partial charge is 0.266 e. The molecule has 1 saturated heterocycles. The lowest BCUT2D eigenvalue weighted by atomic mass is 10.1. The van der Waals surface area contributed by atoms with E-state index in [1.54, 1.807) is 0 Å². The minimum Gasteiger partial charge on any atom is -0.321 e. The molecular weight excluding hydrogens is 348 g/mol. The molecule has 0 radical (unpaired) electrons. The van der Waals surface area contributed by atoms with Crippen molar-refractivity contribution in [1.82, 2.24) is 4.90 Å². The molecule has 0 aliphatic carbocycles. The van der Waals surface area contributed by atoms with Crippen LogP contribution in [-0.4, -0.2) is 23.9 Å². The van der Waals surface area contributed by atoms with Crippen molar-refractivity contribution in [1.29, 1.82) is 0 Å². The highest BCUT2D eigenvalue weighted by Crippen LogP contribution is 2.25. The molecule has 0 bridgehead atoms. The van der Waals surface area contributed by atoms with Crippen LogP contribution in [0.5, 0.6) is 0 Å². The van der Waals surface area contributed by atoms with Crippen LogP contribution in [0.1, 0.15) is 28.1 Å². The Bertz CT molecular complexity index is 635. The van der Waals surface area contributed by atoms with E-state index < -0.39 is 0 Å². The first-order chi connectivity index (χ1) is 10.2. The number of likely N-dealkylation sites (tertiary alicyclic amines) is 1. The lowest BCUT2D eigenvalue weighted by molar-refractivity contribution is 0.102. The first-order valence-corrected chi connectivity index (χ1v) is 8.76. The molecule has 1 aromatic carbocycles. The van der Waals surface area contributed by atoms with Gasteiger partial charge in [0.05, 0.1) is 0 Å². The highest BCUT2D eigenvalue weighted by molar-refractivity contribution is 9.10. The first kappa shape index (κ1) is 14.8. The number of anilines is 1. The monoisotopic (exact) mass is 364 g/mol. The number of nitrogens with zero attached hydrogens (tertiary/aromatic N) is 1. The summed E-state index contributed by atoms with van der Waals surface area (Å²) < 4.78 is 0.849. The van der Waals surface area contributed by atoms with E-state index in [9.17, 15) is 4.79 Å². The number of halogens is 1. The van der Waals surface area contributed by atoms with Crippen molar-refractivity contribution in [2.75, 3.05) is 18.4 Å². The van der Waals surface area contributed by atoms with Gasteiger partial charge in [-0.2, -0.15) is 0 Å². The van der Waals surface area contributed by atoms with Crippen LogP contribution in [0.3, 0.4) is 0 Å². The summed E-state index contributed by atoms with van der Waals surface area (Å²) in [5.74, 6) is -0.0502. The van der Waals surface area contributed by atoms with Gasteiger partial charge in [0.2, 0.25) is 0 Å². The van der Waals surface area contributed by atoms with Crippen LogP contribution >= 0.6 is 27.3 Å². The summed E-state index contributed by atoms with van der Waals surface area (Å²) in [7, 11) is 0. The Morgan fingerprint density at radius 2 is 2.00 bits per heavy atom. The highest BCUT2D eigenvalue weighted by atomic mass is 79.9. The van der Waals surface area contributed by atoms with Crippen LogP contribution in [0.2, 0.25) is 0 Å². The number of rotatable bonds is 4. The van der Waals surface area contributed by atoms with E-state index in [0.29, 0.717) is 4.88 Å². The van der Waals surface area contributed by atoms with Crippen LogP contribution < -0.4 is 5.32 Å². The summed E-state index contributed by atoms with van der Waals surface area (Å²) >= 11 is 4.86. The molecule has 1 aliphatic heterocycles. The van der Waals surface area contributed by atoms with Gasteiger partial charge < -0.3 is 5.32 Å². The second-order valence-corrected chi connectivity index (χ2v) is 6.96. The van der Waals surface area contributed by atoms with Crippen molar-refractivity contribution < 1.29 is 4.79 Å². The lowest BCUT2D eigenvalue weighted by Crippen LogP contribution is -2.20. The fourth-order valence-corrected chi connectivity index (χ4v) is 4.04. The number of nitrogens with one attached hydrogen (secondary N) is 1. The molecule has 110 valence electrons. The van der Waals surface area contributed by atoms with Crippen molar-refractivity contribution in [2.45, 2.75) is 19.4 Å². The number of para-hydroxylation sites is 1. The molecular formula is C16H17BrN2OS. The summed E-state index contributed by atoms with van der Waals surface area (Å²) in [6.45, 7) is 3.21. The third kappa shape index (κ3) is 3.54. The molecule has 0 saturated carbocycles. The van der Waals surface area contributed by atoms with Gasteiger partial charge in [0.15, 0.2) is 0 Å². The summed E-state index contributed by atoms with van der Waals surface area (Å²) in [4.78, 5) is 15.5. The predicted molar refractivity (Wildman–Crippen MR) is 90.9 cm³/mol. The molecule has 5 heteroatoms. The minimum absolute atomic E-state index is 0.0502. The molecule has 0 spiro atoms. The predicted octanol–water partition coefficient (Wildman–Crippen LogP) is 4.36. The summed E-state index contributed by atoms with van der Waals surface area (Å²) in [6.07, 6.45) is 2.55. The molecule has 1 aromatic heterocycles. The highest BCUT2D eigenvalue weighted by Gasteiger charge is 2.16. The second-order valence-electron chi connectivity index (χ2n) is 5.19. The lowest BCUT2D eigenvalue weighted by Gasteiger charge is -2.17. The maximum atomic E-state index is 12.3. The molecule has 1 aliphatic rings. The van der Waals surface area contributed by atoms with E-state index >= 15 is 0 Å². The van der Waals surface area contributed by atoms with Gasteiger partial charge in [0.1, 0.15) is 4.88 Å². The number of hydrogen-bond donors (Lipinski definition) is 1. The number of thiophene rings is 1. The van der Waals surface area contributed by atoms with Gasteiger partial charge >= 0.3 is 0 Å². The van der Waals surface area contributed by atoms with Crippen molar-refractivity contribution >= 4 is 38.9 Å². The molecule has 1 N–H and O–H groups in total. The SMILES string of the molecule is O=C(Nc1ccccc1CN1CCCC1)c1sccc1Br. The van der Waals surface area contributed by atoms with E-state index in [1.807, 2.05) is 29.6 Å². The van der Waals surface area contributed by atoms with Crippen LogP contribution in [0.4, 0.5) is 5.69 Å². The van der Waals surface area contributed by atoms with Gasteiger partial charge in [0.25, 0.3) is 5.91 Å². The van der Waals surface area contributed by atoms with E-state index in [0.717, 1.165) is 29.8 Å². The number of hydrogen-bond acceptors (Lipinski definition) is 3. The van der Waals surface area contributed by atoms with Crippen molar-refractivity contribution in [3.8, 4) is 0 Å². The van der Waals surface area contributed by atoms with Gasteiger partial charge in [-0.05, 0) is 64.9 Å². The molecule has 0 atom stereocenters. The largest absolute Gasteiger partial charge is 0.321 e. The third-order valence-corrected chi connectivity index (χ3v) is 5.52. The van der Waals surface area contributed by atoms with Crippen LogP contribution in [0.15, 0.2) is 40.2 Å². The molecule has 1 fully saturated rings. The average molecular weight is 365 g/mol. The maximum absolute atomic E-state index is 12.3. The van der Waals surface area contributed by atoms with Gasteiger partial charge in [-0.25, -0.2) is 0 Å². The van der Waals surface area contributed by atoms with E-state index in [4.69, 9.17) is 0 Å². The zero-order chi connectivity index (χ0) is 14.7. The van der Waals surface area contributed by atoms with Crippen LogP contribution in [0.25, 0.3) is 0 Å². The Labute approximate surface area is 137 Å². The third-order valence-electron chi connectivity index (χ3n) is 3.68. The van der Waals surface area contributed by atoms with E-state index in [2.05, 4.69) is 32.2 Å². The molecule has 2 aromatic rings. The van der Waals surface area contributed by atoms with Gasteiger partial charge in [0, 0.05) is 16.7 Å². The fourth-order valence-electron chi connectivity index (χ4n) is 2.60. The van der Waals surface area contributed by atoms with Crippen molar-refractivity contribution in [3.05, 3.63) is 50.6 Å². The van der Waals surface area contributed by atoms with E-state index in [1.165, 1.54) is 29.7 Å². The second kappa shape index (κ2) is 6.73. The maximum Gasteiger partial charge on any atom is 0.266 e. The molecule has 2 heterocycles. The summed E-state index contributed by atoms with van der Waals surface area (Å²) in [5.41, 5.74) is 2.09. The summed E-state index contributed by atoms with van der Waals surface area (Å²) in [5, 5.41) is 4.95. The zero-order valence-corrected chi connectivity index (χ0v) is 14.0. The number of benzene rings is 1.